The number of aliphatic imine (C=N–C) groups is 1. The van der Waals surface area contributed by atoms with Crippen LogP contribution in [0.15, 0.2) is 29.3 Å². The van der Waals surface area contributed by atoms with Crippen molar-refractivity contribution in [2.45, 2.75) is 45.3 Å². The fourth-order valence-corrected chi connectivity index (χ4v) is 3.39. The van der Waals surface area contributed by atoms with E-state index in [2.05, 4.69) is 22.5 Å². The number of hydrogen-bond acceptors (Lipinski definition) is 4. The predicted molar refractivity (Wildman–Crippen MR) is 111 cm³/mol. The summed E-state index contributed by atoms with van der Waals surface area (Å²) < 4.78 is 11.1. The summed E-state index contributed by atoms with van der Waals surface area (Å²) in [4.78, 5) is 18.4. The zero-order valence-electron chi connectivity index (χ0n) is 16.8. The minimum absolute atomic E-state index is 0.217. The molecule has 0 aromatic heterocycles. The Bertz CT molecular complexity index is 642. The van der Waals surface area contributed by atoms with E-state index in [9.17, 15) is 4.79 Å². The lowest BCUT2D eigenvalue weighted by Crippen LogP contribution is -2.38. The molecular formula is C21H32N4O3. The lowest BCUT2D eigenvalue weighted by atomic mass is 10.2. The van der Waals surface area contributed by atoms with Crippen LogP contribution in [0.2, 0.25) is 0 Å². The van der Waals surface area contributed by atoms with Crippen molar-refractivity contribution in [3.05, 3.63) is 29.8 Å². The second kappa shape index (κ2) is 11.0. The molecule has 0 spiro atoms. The minimum Gasteiger partial charge on any atom is -0.379 e. The van der Waals surface area contributed by atoms with Gasteiger partial charge in [-0.3, -0.25) is 4.79 Å². The van der Waals surface area contributed by atoms with Crippen molar-refractivity contribution in [2.75, 3.05) is 44.4 Å². The second-order valence-electron chi connectivity index (χ2n) is 7.15. The smallest absolute Gasteiger partial charge is 0.227 e. The Morgan fingerprint density at radius 1 is 1.32 bits per heavy atom. The molecule has 0 radical (unpaired) electrons. The third kappa shape index (κ3) is 6.21. The summed E-state index contributed by atoms with van der Waals surface area (Å²) in [6.45, 7) is 7.38. The topological polar surface area (TPSA) is 75.2 Å². The highest BCUT2D eigenvalue weighted by Gasteiger charge is 2.21. The van der Waals surface area contributed by atoms with Crippen molar-refractivity contribution in [1.29, 1.82) is 0 Å². The summed E-state index contributed by atoms with van der Waals surface area (Å²) in [5.74, 6) is 1.03. The Morgan fingerprint density at radius 3 is 2.86 bits per heavy atom. The van der Waals surface area contributed by atoms with Gasteiger partial charge in [-0.25, -0.2) is 4.99 Å². The maximum atomic E-state index is 11.8. The van der Waals surface area contributed by atoms with Crippen molar-refractivity contribution in [3.63, 3.8) is 0 Å². The van der Waals surface area contributed by atoms with E-state index in [4.69, 9.17) is 9.47 Å². The molecule has 0 saturated carbocycles. The van der Waals surface area contributed by atoms with Gasteiger partial charge >= 0.3 is 0 Å². The molecule has 2 fully saturated rings. The molecule has 7 heteroatoms. The van der Waals surface area contributed by atoms with Crippen molar-refractivity contribution in [2.24, 2.45) is 4.99 Å². The SMILES string of the molecule is CCNC(=NCc1ccc(N2CCCC2=O)cc1)NCCCOC1CCOC1. The normalized spacial score (nSPS) is 20.0. The van der Waals surface area contributed by atoms with Crippen LogP contribution in [0.3, 0.4) is 0 Å². The number of benzene rings is 1. The van der Waals surface area contributed by atoms with E-state index in [1.54, 1.807) is 0 Å². The molecule has 0 bridgehead atoms. The van der Waals surface area contributed by atoms with Gasteiger partial charge < -0.3 is 25.0 Å². The largest absolute Gasteiger partial charge is 0.379 e. The van der Waals surface area contributed by atoms with Crippen LogP contribution in [0.5, 0.6) is 0 Å². The molecule has 1 amide bonds. The maximum Gasteiger partial charge on any atom is 0.227 e. The molecule has 1 unspecified atom stereocenters. The van der Waals surface area contributed by atoms with Gasteiger partial charge in [0.25, 0.3) is 0 Å². The number of ether oxygens (including phenoxy) is 2. The highest BCUT2D eigenvalue weighted by atomic mass is 16.5. The van der Waals surface area contributed by atoms with Gasteiger partial charge in [-0.2, -0.15) is 0 Å². The zero-order chi connectivity index (χ0) is 19.6. The number of nitrogens with one attached hydrogen (secondary N) is 2. The highest BCUT2D eigenvalue weighted by Crippen LogP contribution is 2.21. The first-order valence-corrected chi connectivity index (χ1v) is 10.4. The van der Waals surface area contributed by atoms with E-state index >= 15 is 0 Å². The third-order valence-corrected chi connectivity index (χ3v) is 4.94. The second-order valence-corrected chi connectivity index (χ2v) is 7.15. The first-order valence-electron chi connectivity index (χ1n) is 10.4. The lowest BCUT2D eigenvalue weighted by molar-refractivity contribution is -0.117. The molecule has 2 aliphatic heterocycles. The molecule has 2 N–H and O–H groups in total. The molecule has 0 aliphatic carbocycles. The Hall–Kier alpha value is -2.12. The number of rotatable bonds is 9. The van der Waals surface area contributed by atoms with Gasteiger partial charge in [0.1, 0.15) is 0 Å². The van der Waals surface area contributed by atoms with Gasteiger partial charge in [-0.1, -0.05) is 12.1 Å². The standard InChI is InChI=1S/C21H32N4O3/c1-2-22-21(23-11-4-13-28-19-10-14-27-16-19)24-15-17-6-8-18(9-7-17)25-12-3-5-20(25)26/h6-9,19H,2-5,10-16H2,1H3,(H2,22,23,24). The molecule has 28 heavy (non-hydrogen) atoms. The molecule has 2 saturated heterocycles. The average Bonchev–Trinajstić information content (AvgIpc) is 3.38. The average molecular weight is 389 g/mol. The molecule has 7 nitrogen and oxygen atoms in total. The van der Waals surface area contributed by atoms with Gasteiger partial charge in [0.15, 0.2) is 5.96 Å². The van der Waals surface area contributed by atoms with Gasteiger partial charge in [0, 0.05) is 45.0 Å². The summed E-state index contributed by atoms with van der Waals surface area (Å²) in [5, 5.41) is 6.63. The fourth-order valence-electron chi connectivity index (χ4n) is 3.39. The van der Waals surface area contributed by atoms with Crippen LogP contribution in [0.1, 0.15) is 38.2 Å². The van der Waals surface area contributed by atoms with E-state index in [1.165, 1.54) is 0 Å². The number of anilines is 1. The number of hydrogen-bond donors (Lipinski definition) is 2. The Labute approximate surface area is 167 Å². The van der Waals surface area contributed by atoms with Gasteiger partial charge in [0.05, 0.1) is 19.3 Å². The summed E-state index contributed by atoms with van der Waals surface area (Å²) in [6, 6.07) is 8.12. The number of nitrogens with zero attached hydrogens (tertiary/aromatic N) is 2. The van der Waals surface area contributed by atoms with Crippen LogP contribution >= 0.6 is 0 Å². The van der Waals surface area contributed by atoms with Crippen molar-refractivity contribution in [3.8, 4) is 0 Å². The maximum absolute atomic E-state index is 11.8. The summed E-state index contributed by atoms with van der Waals surface area (Å²) in [6.07, 6.45) is 3.80. The fraction of sp³-hybridized carbons (Fsp3) is 0.619. The molecule has 1 aromatic carbocycles. The number of carbonyl (C=O) groups excluding carboxylic acids is 1. The van der Waals surface area contributed by atoms with Crippen LogP contribution in [-0.2, 0) is 20.8 Å². The van der Waals surface area contributed by atoms with Crippen molar-refractivity contribution in [1.82, 2.24) is 10.6 Å². The van der Waals surface area contributed by atoms with Crippen molar-refractivity contribution >= 4 is 17.6 Å². The van der Waals surface area contributed by atoms with Gasteiger partial charge in [0.2, 0.25) is 5.91 Å². The number of carbonyl (C=O) groups is 1. The predicted octanol–water partition coefficient (Wildman–Crippen LogP) is 2.06. The van der Waals surface area contributed by atoms with Crippen LogP contribution in [-0.4, -0.2) is 57.4 Å². The monoisotopic (exact) mass is 388 g/mol. The first-order chi connectivity index (χ1) is 13.8. The van der Waals surface area contributed by atoms with E-state index in [0.717, 1.165) is 75.9 Å². The van der Waals surface area contributed by atoms with E-state index in [0.29, 0.717) is 13.0 Å². The molecular weight excluding hydrogens is 356 g/mol. The molecule has 154 valence electrons. The van der Waals surface area contributed by atoms with Gasteiger partial charge in [-0.15, -0.1) is 0 Å². The number of amides is 1. The van der Waals surface area contributed by atoms with Gasteiger partial charge in [-0.05, 0) is 43.9 Å². The van der Waals surface area contributed by atoms with E-state index in [-0.39, 0.29) is 12.0 Å². The summed E-state index contributed by atoms with van der Waals surface area (Å²) in [7, 11) is 0. The quantitative estimate of drug-likeness (QED) is 0.385. The highest BCUT2D eigenvalue weighted by molar-refractivity contribution is 5.95. The summed E-state index contributed by atoms with van der Waals surface area (Å²) >= 11 is 0. The molecule has 3 rings (SSSR count). The zero-order valence-corrected chi connectivity index (χ0v) is 16.8. The van der Waals surface area contributed by atoms with Crippen molar-refractivity contribution < 1.29 is 14.3 Å². The molecule has 1 aromatic rings. The Kier molecular flexibility index (Phi) is 8.11. The Morgan fingerprint density at radius 2 is 2.18 bits per heavy atom. The Balaban J connectivity index is 1.42. The molecule has 2 heterocycles. The van der Waals surface area contributed by atoms with E-state index < -0.39 is 0 Å². The third-order valence-electron chi connectivity index (χ3n) is 4.94. The summed E-state index contributed by atoms with van der Waals surface area (Å²) in [5.41, 5.74) is 2.10. The first kappa shape index (κ1) is 20.6. The van der Waals surface area contributed by atoms with Crippen LogP contribution in [0.4, 0.5) is 5.69 Å². The molecule has 1 atom stereocenters. The van der Waals surface area contributed by atoms with Crippen LogP contribution < -0.4 is 15.5 Å². The number of guanidine groups is 1. The molecule has 2 aliphatic rings. The minimum atomic E-state index is 0.217. The van der Waals surface area contributed by atoms with Crippen LogP contribution in [0.25, 0.3) is 0 Å². The van der Waals surface area contributed by atoms with Crippen LogP contribution in [0, 0.1) is 0 Å². The lowest BCUT2D eigenvalue weighted by Gasteiger charge is -2.16. The van der Waals surface area contributed by atoms with E-state index in [1.807, 2.05) is 29.2 Å².